The Morgan fingerprint density at radius 3 is 2.88 bits per heavy atom. The predicted octanol–water partition coefficient (Wildman–Crippen LogP) is -1.01. The van der Waals surface area contributed by atoms with Crippen LogP contribution in [0.25, 0.3) is 0 Å². The first kappa shape index (κ1) is 10.3. The van der Waals surface area contributed by atoms with Crippen molar-refractivity contribution in [1.82, 2.24) is 9.97 Å². The van der Waals surface area contributed by atoms with Crippen molar-refractivity contribution in [3.63, 3.8) is 0 Å². The number of amides is 1. The molecule has 1 amide bonds. The highest BCUT2D eigenvalue weighted by molar-refractivity contribution is 5.94. The Balaban J connectivity index is 2.32. The second kappa shape index (κ2) is 3.75. The number of anilines is 2. The largest absolute Gasteiger partial charge is 0.382 e. The molecule has 0 radical (unpaired) electrons. The van der Waals surface area contributed by atoms with Crippen molar-refractivity contribution >= 4 is 17.7 Å². The van der Waals surface area contributed by atoms with Gasteiger partial charge in [-0.1, -0.05) is 0 Å². The molecule has 1 aliphatic heterocycles. The van der Waals surface area contributed by atoms with Crippen LogP contribution in [0.4, 0.5) is 11.8 Å². The molecule has 1 saturated heterocycles. The number of hydrogen-bond acceptors (Lipinski definition) is 6. The van der Waals surface area contributed by atoms with E-state index in [2.05, 4.69) is 9.97 Å². The summed E-state index contributed by atoms with van der Waals surface area (Å²) in [6.45, 7) is 0.379. The van der Waals surface area contributed by atoms with Gasteiger partial charge in [0.25, 0.3) is 0 Å². The Morgan fingerprint density at radius 1 is 1.62 bits per heavy atom. The number of nitrogens with two attached hydrogens (primary N) is 2. The second-order valence-corrected chi connectivity index (χ2v) is 3.55. The molecule has 1 unspecified atom stereocenters. The lowest BCUT2D eigenvalue weighted by molar-refractivity contribution is -0.117. The summed E-state index contributed by atoms with van der Waals surface area (Å²) in [5.74, 6) is 0.145. The summed E-state index contributed by atoms with van der Waals surface area (Å²) in [7, 11) is 0. The standard InChI is InChI=1S/C9H10N6O/c10-2-5-3-13-9(14-8(5)12)15-4-6(11)1-7(15)16/h3,6H,1,4,11H2,(H2,12,13,14). The van der Waals surface area contributed by atoms with Gasteiger partial charge in [0.15, 0.2) is 0 Å². The van der Waals surface area contributed by atoms with Gasteiger partial charge in [0.2, 0.25) is 11.9 Å². The highest BCUT2D eigenvalue weighted by Gasteiger charge is 2.30. The summed E-state index contributed by atoms with van der Waals surface area (Å²) in [5, 5.41) is 8.66. The second-order valence-electron chi connectivity index (χ2n) is 3.55. The van der Waals surface area contributed by atoms with Crippen LogP contribution in [0, 0.1) is 11.3 Å². The monoisotopic (exact) mass is 218 g/mol. The van der Waals surface area contributed by atoms with Crippen molar-refractivity contribution in [2.24, 2.45) is 5.73 Å². The molecule has 0 spiro atoms. The number of nitrogens with zero attached hydrogens (tertiary/aromatic N) is 4. The quantitative estimate of drug-likeness (QED) is 0.623. The summed E-state index contributed by atoms with van der Waals surface area (Å²) < 4.78 is 0. The fourth-order valence-corrected chi connectivity index (χ4v) is 1.53. The molecular weight excluding hydrogens is 208 g/mol. The molecule has 82 valence electrons. The van der Waals surface area contributed by atoms with E-state index in [-0.39, 0.29) is 35.7 Å². The molecule has 2 heterocycles. The smallest absolute Gasteiger partial charge is 0.234 e. The molecule has 1 aromatic heterocycles. The van der Waals surface area contributed by atoms with Gasteiger partial charge in [-0.2, -0.15) is 10.2 Å². The normalized spacial score (nSPS) is 19.9. The number of hydrogen-bond donors (Lipinski definition) is 2. The number of aromatic nitrogens is 2. The lowest BCUT2D eigenvalue weighted by atomic mass is 10.3. The molecule has 1 aliphatic rings. The van der Waals surface area contributed by atoms with Gasteiger partial charge in [-0.3, -0.25) is 9.69 Å². The third-order valence-corrected chi connectivity index (χ3v) is 2.32. The van der Waals surface area contributed by atoms with E-state index in [1.54, 1.807) is 0 Å². The van der Waals surface area contributed by atoms with E-state index in [0.29, 0.717) is 6.54 Å². The van der Waals surface area contributed by atoms with Gasteiger partial charge in [0.1, 0.15) is 17.5 Å². The van der Waals surface area contributed by atoms with Crippen molar-refractivity contribution < 1.29 is 4.79 Å². The third-order valence-electron chi connectivity index (χ3n) is 2.32. The Kier molecular flexibility index (Phi) is 2.42. The zero-order valence-electron chi connectivity index (χ0n) is 8.42. The number of carbonyl (C=O) groups is 1. The van der Waals surface area contributed by atoms with E-state index in [0.717, 1.165) is 0 Å². The van der Waals surface area contributed by atoms with Crippen molar-refractivity contribution in [3.05, 3.63) is 11.8 Å². The maximum absolute atomic E-state index is 11.5. The number of nitriles is 1. The van der Waals surface area contributed by atoms with E-state index in [1.807, 2.05) is 6.07 Å². The molecule has 4 N–H and O–H groups in total. The average Bonchev–Trinajstić information content (AvgIpc) is 2.58. The first-order valence-corrected chi connectivity index (χ1v) is 4.70. The first-order chi connectivity index (χ1) is 7.61. The minimum atomic E-state index is -0.201. The zero-order chi connectivity index (χ0) is 11.7. The van der Waals surface area contributed by atoms with E-state index >= 15 is 0 Å². The van der Waals surface area contributed by atoms with Gasteiger partial charge < -0.3 is 11.5 Å². The predicted molar refractivity (Wildman–Crippen MR) is 56.1 cm³/mol. The van der Waals surface area contributed by atoms with Crippen molar-refractivity contribution in [3.8, 4) is 6.07 Å². The van der Waals surface area contributed by atoms with E-state index < -0.39 is 0 Å². The van der Waals surface area contributed by atoms with Crippen molar-refractivity contribution in [2.45, 2.75) is 12.5 Å². The molecule has 0 saturated carbocycles. The topological polar surface area (TPSA) is 122 Å². The molecule has 7 nitrogen and oxygen atoms in total. The van der Waals surface area contributed by atoms with Gasteiger partial charge in [-0.25, -0.2) is 4.98 Å². The number of carbonyl (C=O) groups excluding carboxylic acids is 1. The lowest BCUT2D eigenvalue weighted by Gasteiger charge is -2.13. The minimum Gasteiger partial charge on any atom is -0.382 e. The molecule has 1 aromatic rings. The summed E-state index contributed by atoms with van der Waals surface area (Å²) in [5.41, 5.74) is 11.4. The molecule has 0 aliphatic carbocycles. The molecule has 0 bridgehead atoms. The first-order valence-electron chi connectivity index (χ1n) is 4.70. The Hall–Kier alpha value is -2.20. The Bertz CT molecular complexity index is 479. The van der Waals surface area contributed by atoms with E-state index in [9.17, 15) is 4.79 Å². The SMILES string of the molecule is N#Cc1cnc(N2CC(N)CC2=O)nc1N. The fourth-order valence-electron chi connectivity index (χ4n) is 1.53. The maximum Gasteiger partial charge on any atom is 0.234 e. The summed E-state index contributed by atoms with van der Waals surface area (Å²) in [6, 6.07) is 1.65. The Morgan fingerprint density at radius 2 is 2.38 bits per heavy atom. The summed E-state index contributed by atoms with van der Waals surface area (Å²) in [6.07, 6.45) is 1.58. The van der Waals surface area contributed by atoms with Gasteiger partial charge in [0.05, 0.1) is 6.20 Å². The summed E-state index contributed by atoms with van der Waals surface area (Å²) >= 11 is 0. The molecular formula is C9H10N6O. The van der Waals surface area contributed by atoms with Crippen LogP contribution in [0.3, 0.4) is 0 Å². The van der Waals surface area contributed by atoms with Crippen LogP contribution in [-0.2, 0) is 4.79 Å². The molecule has 7 heteroatoms. The Labute approximate surface area is 91.7 Å². The highest BCUT2D eigenvalue weighted by Crippen LogP contribution is 2.18. The van der Waals surface area contributed by atoms with Crippen LogP contribution in [0.1, 0.15) is 12.0 Å². The third kappa shape index (κ3) is 1.66. The fraction of sp³-hybridized carbons (Fsp3) is 0.333. The number of nitrogen functional groups attached to an aromatic ring is 1. The molecule has 16 heavy (non-hydrogen) atoms. The van der Waals surface area contributed by atoms with Gasteiger partial charge in [0, 0.05) is 19.0 Å². The number of rotatable bonds is 1. The summed E-state index contributed by atoms with van der Waals surface area (Å²) in [4.78, 5) is 20.7. The molecule has 1 atom stereocenters. The van der Waals surface area contributed by atoms with Crippen LogP contribution < -0.4 is 16.4 Å². The van der Waals surface area contributed by atoms with Crippen LogP contribution in [0.5, 0.6) is 0 Å². The van der Waals surface area contributed by atoms with Crippen LogP contribution in [0.2, 0.25) is 0 Å². The van der Waals surface area contributed by atoms with E-state index in [1.165, 1.54) is 11.1 Å². The molecule has 1 fully saturated rings. The van der Waals surface area contributed by atoms with Crippen LogP contribution >= 0.6 is 0 Å². The maximum atomic E-state index is 11.5. The van der Waals surface area contributed by atoms with Crippen LogP contribution in [0.15, 0.2) is 6.20 Å². The lowest BCUT2D eigenvalue weighted by Crippen LogP contribution is -2.29. The average molecular weight is 218 g/mol. The van der Waals surface area contributed by atoms with Gasteiger partial charge in [-0.15, -0.1) is 0 Å². The molecule has 0 aromatic carbocycles. The van der Waals surface area contributed by atoms with Crippen molar-refractivity contribution in [1.29, 1.82) is 5.26 Å². The van der Waals surface area contributed by atoms with E-state index in [4.69, 9.17) is 16.7 Å². The molecule has 2 rings (SSSR count). The highest BCUT2D eigenvalue weighted by atomic mass is 16.2. The zero-order valence-corrected chi connectivity index (χ0v) is 8.42. The van der Waals surface area contributed by atoms with Crippen LogP contribution in [-0.4, -0.2) is 28.5 Å². The van der Waals surface area contributed by atoms with Crippen molar-refractivity contribution in [2.75, 3.05) is 17.2 Å². The minimum absolute atomic E-state index is 0.0702. The van der Waals surface area contributed by atoms with Gasteiger partial charge >= 0.3 is 0 Å². The van der Waals surface area contributed by atoms with Gasteiger partial charge in [-0.05, 0) is 0 Å².